The van der Waals surface area contributed by atoms with Crippen LogP contribution in [0.3, 0.4) is 0 Å². The van der Waals surface area contributed by atoms with E-state index in [2.05, 4.69) is 17.4 Å². The monoisotopic (exact) mass is 411 g/mol. The summed E-state index contributed by atoms with van der Waals surface area (Å²) in [6, 6.07) is 7.19. The first-order valence-electron chi connectivity index (χ1n) is 10.8. The molecule has 1 aromatic carbocycles. The summed E-state index contributed by atoms with van der Waals surface area (Å²) in [5.74, 6) is 0.181. The van der Waals surface area contributed by atoms with Gasteiger partial charge < -0.3 is 19.5 Å². The number of aromatic nitrogens is 1. The third kappa shape index (κ3) is 4.41. The van der Waals surface area contributed by atoms with Gasteiger partial charge in [0, 0.05) is 31.3 Å². The van der Waals surface area contributed by atoms with Crippen molar-refractivity contribution in [3.63, 3.8) is 0 Å². The van der Waals surface area contributed by atoms with Crippen LogP contribution in [0, 0.1) is 13.8 Å². The quantitative estimate of drug-likeness (QED) is 0.816. The molecule has 0 aliphatic carbocycles. The van der Waals surface area contributed by atoms with Crippen LogP contribution in [-0.4, -0.2) is 53.7 Å². The SMILES string of the molecule is Cc1ccc(-c2cc(C(=O)N3CCCC[C@H]3C(=O)NC[C@@H]3CCCO3)no2)cc1C. The lowest BCUT2D eigenvalue weighted by Crippen LogP contribution is -2.52. The van der Waals surface area contributed by atoms with Crippen molar-refractivity contribution >= 4 is 11.8 Å². The van der Waals surface area contributed by atoms with Crippen LogP contribution in [0.25, 0.3) is 11.3 Å². The minimum absolute atomic E-state index is 0.0813. The van der Waals surface area contributed by atoms with Crippen molar-refractivity contribution in [1.82, 2.24) is 15.4 Å². The van der Waals surface area contributed by atoms with E-state index in [-0.39, 0.29) is 23.6 Å². The summed E-state index contributed by atoms with van der Waals surface area (Å²) in [6.07, 6.45) is 4.54. The first-order chi connectivity index (χ1) is 14.5. The highest BCUT2D eigenvalue weighted by molar-refractivity contribution is 5.96. The molecule has 7 nitrogen and oxygen atoms in total. The van der Waals surface area contributed by atoms with Gasteiger partial charge in [0.05, 0.1) is 6.10 Å². The molecule has 3 heterocycles. The Balaban J connectivity index is 1.45. The summed E-state index contributed by atoms with van der Waals surface area (Å²) in [7, 11) is 0. The number of nitrogens with one attached hydrogen (secondary N) is 1. The Morgan fingerprint density at radius 3 is 2.77 bits per heavy atom. The normalized spacial score (nSPS) is 21.6. The molecule has 2 aliphatic heterocycles. The lowest BCUT2D eigenvalue weighted by Gasteiger charge is -2.34. The second-order valence-corrected chi connectivity index (χ2v) is 8.27. The maximum absolute atomic E-state index is 13.1. The first-order valence-corrected chi connectivity index (χ1v) is 10.8. The molecule has 2 amide bonds. The second kappa shape index (κ2) is 9.00. The fourth-order valence-electron chi connectivity index (χ4n) is 4.14. The van der Waals surface area contributed by atoms with E-state index in [1.165, 1.54) is 5.56 Å². The van der Waals surface area contributed by atoms with Crippen molar-refractivity contribution in [2.24, 2.45) is 0 Å². The molecule has 0 spiro atoms. The van der Waals surface area contributed by atoms with Gasteiger partial charge in [0.15, 0.2) is 11.5 Å². The fourth-order valence-corrected chi connectivity index (χ4v) is 4.14. The number of hydrogen-bond acceptors (Lipinski definition) is 5. The molecule has 0 unspecified atom stereocenters. The highest BCUT2D eigenvalue weighted by atomic mass is 16.5. The molecule has 1 N–H and O–H groups in total. The van der Waals surface area contributed by atoms with Crippen LogP contribution in [0.2, 0.25) is 0 Å². The van der Waals surface area contributed by atoms with E-state index in [1.807, 2.05) is 25.1 Å². The van der Waals surface area contributed by atoms with Gasteiger partial charge >= 0.3 is 0 Å². The number of rotatable bonds is 5. The van der Waals surface area contributed by atoms with Crippen LogP contribution < -0.4 is 5.32 Å². The minimum atomic E-state index is -0.477. The maximum Gasteiger partial charge on any atom is 0.276 e. The predicted molar refractivity (Wildman–Crippen MR) is 112 cm³/mol. The first kappa shape index (κ1) is 20.6. The Bertz CT molecular complexity index is 917. The highest BCUT2D eigenvalue weighted by Crippen LogP contribution is 2.25. The summed E-state index contributed by atoms with van der Waals surface area (Å²) in [5, 5.41) is 6.98. The molecule has 2 aromatic rings. The van der Waals surface area contributed by atoms with Gasteiger partial charge in [-0.15, -0.1) is 0 Å². The zero-order valence-electron chi connectivity index (χ0n) is 17.6. The third-order valence-corrected chi connectivity index (χ3v) is 6.11. The Kier molecular flexibility index (Phi) is 6.18. The van der Waals surface area contributed by atoms with Crippen molar-refractivity contribution in [2.45, 2.75) is 58.1 Å². The largest absolute Gasteiger partial charge is 0.376 e. The summed E-state index contributed by atoms with van der Waals surface area (Å²) >= 11 is 0. The number of benzene rings is 1. The number of likely N-dealkylation sites (tertiary alicyclic amines) is 1. The summed E-state index contributed by atoms with van der Waals surface area (Å²) in [5.41, 5.74) is 3.46. The van der Waals surface area contributed by atoms with Crippen molar-refractivity contribution in [1.29, 1.82) is 0 Å². The van der Waals surface area contributed by atoms with E-state index >= 15 is 0 Å². The summed E-state index contributed by atoms with van der Waals surface area (Å²) in [4.78, 5) is 27.6. The molecule has 1 aromatic heterocycles. The summed E-state index contributed by atoms with van der Waals surface area (Å²) in [6.45, 7) is 5.88. The minimum Gasteiger partial charge on any atom is -0.376 e. The zero-order valence-corrected chi connectivity index (χ0v) is 17.6. The van der Waals surface area contributed by atoms with E-state index in [0.717, 1.165) is 43.4 Å². The molecule has 4 rings (SSSR count). The Labute approximate surface area is 176 Å². The standard InChI is InChI=1S/C23H29N3O4/c1-15-8-9-17(12-16(15)2)21-13-19(25-30-21)23(28)26-10-4-3-7-20(26)22(27)24-14-18-6-5-11-29-18/h8-9,12-13,18,20H,3-7,10-11,14H2,1-2H3,(H,24,27)/t18-,20-/m0/s1. The Morgan fingerprint density at radius 2 is 2.00 bits per heavy atom. The van der Waals surface area contributed by atoms with Crippen molar-refractivity contribution < 1.29 is 18.8 Å². The van der Waals surface area contributed by atoms with E-state index in [9.17, 15) is 9.59 Å². The lowest BCUT2D eigenvalue weighted by atomic mass is 10.0. The Hall–Kier alpha value is -2.67. The molecule has 2 fully saturated rings. The van der Waals surface area contributed by atoms with Crippen molar-refractivity contribution in [2.75, 3.05) is 19.7 Å². The molecule has 2 aliphatic rings. The number of ether oxygens (including phenoxy) is 1. The maximum atomic E-state index is 13.1. The van der Waals surface area contributed by atoms with E-state index in [4.69, 9.17) is 9.26 Å². The number of amides is 2. The highest BCUT2D eigenvalue weighted by Gasteiger charge is 2.34. The summed E-state index contributed by atoms with van der Waals surface area (Å²) < 4.78 is 11.0. The van der Waals surface area contributed by atoms with Gasteiger partial charge in [0.1, 0.15) is 6.04 Å². The lowest BCUT2D eigenvalue weighted by molar-refractivity contribution is -0.127. The van der Waals surface area contributed by atoms with Gasteiger partial charge in [-0.2, -0.15) is 0 Å². The number of aryl methyl sites for hydroxylation is 2. The predicted octanol–water partition coefficient (Wildman–Crippen LogP) is 3.25. The molecule has 30 heavy (non-hydrogen) atoms. The fraction of sp³-hybridized carbons (Fsp3) is 0.522. The van der Waals surface area contributed by atoms with Crippen molar-refractivity contribution in [3.8, 4) is 11.3 Å². The van der Waals surface area contributed by atoms with Gasteiger partial charge in [0.2, 0.25) is 5.91 Å². The van der Waals surface area contributed by atoms with Gasteiger partial charge in [0.25, 0.3) is 5.91 Å². The van der Waals surface area contributed by atoms with Crippen LogP contribution in [0.4, 0.5) is 0 Å². The number of carbonyl (C=O) groups is 2. The second-order valence-electron chi connectivity index (χ2n) is 8.27. The van der Waals surface area contributed by atoms with Crippen LogP contribution in [0.15, 0.2) is 28.8 Å². The third-order valence-electron chi connectivity index (χ3n) is 6.11. The van der Waals surface area contributed by atoms with Crippen LogP contribution >= 0.6 is 0 Å². The zero-order chi connectivity index (χ0) is 21.1. The van der Waals surface area contributed by atoms with Gasteiger partial charge in [-0.1, -0.05) is 17.3 Å². The average molecular weight is 412 g/mol. The smallest absolute Gasteiger partial charge is 0.276 e. The van der Waals surface area contributed by atoms with Crippen LogP contribution in [0.1, 0.15) is 53.7 Å². The van der Waals surface area contributed by atoms with Crippen LogP contribution in [-0.2, 0) is 9.53 Å². The number of nitrogens with zero attached hydrogens (tertiary/aromatic N) is 2. The van der Waals surface area contributed by atoms with Gasteiger partial charge in [-0.25, -0.2) is 0 Å². The molecule has 0 saturated carbocycles. The molecule has 0 radical (unpaired) electrons. The van der Waals surface area contributed by atoms with E-state index < -0.39 is 6.04 Å². The van der Waals surface area contributed by atoms with Crippen molar-refractivity contribution in [3.05, 3.63) is 41.1 Å². The molecule has 7 heteroatoms. The topological polar surface area (TPSA) is 84.7 Å². The molecule has 2 saturated heterocycles. The Morgan fingerprint density at radius 1 is 1.13 bits per heavy atom. The number of hydrogen-bond donors (Lipinski definition) is 1. The average Bonchev–Trinajstić information content (AvgIpc) is 3.46. The molecule has 2 atom stereocenters. The molecular weight excluding hydrogens is 382 g/mol. The molecule has 160 valence electrons. The van der Waals surface area contributed by atoms with Crippen LogP contribution in [0.5, 0.6) is 0 Å². The number of piperidine rings is 1. The van der Waals surface area contributed by atoms with Gasteiger partial charge in [-0.05, 0) is 63.1 Å². The molecule has 0 bridgehead atoms. The molecular formula is C23H29N3O4. The van der Waals surface area contributed by atoms with E-state index in [1.54, 1.807) is 11.0 Å². The van der Waals surface area contributed by atoms with Gasteiger partial charge in [-0.3, -0.25) is 9.59 Å². The number of carbonyl (C=O) groups excluding carboxylic acids is 2. The van der Waals surface area contributed by atoms with E-state index in [0.29, 0.717) is 25.3 Å².